The van der Waals surface area contributed by atoms with Crippen LogP contribution in [0.4, 0.5) is 0 Å². The number of hydrogen-bond acceptors (Lipinski definition) is 4. The van der Waals surface area contributed by atoms with Crippen molar-refractivity contribution in [2.75, 3.05) is 19.6 Å². The first-order valence-corrected chi connectivity index (χ1v) is 12.5. The molecule has 2 aliphatic rings. The lowest BCUT2D eigenvalue weighted by molar-refractivity contribution is -0.126. The van der Waals surface area contributed by atoms with Crippen molar-refractivity contribution in [3.63, 3.8) is 0 Å². The molecule has 2 aliphatic heterocycles. The van der Waals surface area contributed by atoms with Crippen LogP contribution in [-0.4, -0.2) is 45.9 Å². The first-order valence-electron chi connectivity index (χ1n) is 12.5. The minimum atomic E-state index is -0.0674. The Balaban J connectivity index is 1.09. The molecule has 7 nitrogen and oxygen atoms in total. The van der Waals surface area contributed by atoms with Gasteiger partial charge in [-0.15, -0.1) is 0 Å². The normalized spacial score (nSPS) is 18.2. The summed E-state index contributed by atoms with van der Waals surface area (Å²) in [7, 11) is 0. The Labute approximate surface area is 206 Å². The number of likely N-dealkylation sites (tertiary alicyclic amines) is 1. The third kappa shape index (κ3) is 5.46. The Morgan fingerprint density at radius 2 is 1.71 bits per heavy atom. The van der Waals surface area contributed by atoms with Crippen LogP contribution in [0.2, 0.25) is 0 Å². The van der Waals surface area contributed by atoms with Gasteiger partial charge < -0.3 is 19.5 Å². The second-order valence-electron chi connectivity index (χ2n) is 9.35. The highest BCUT2D eigenvalue weighted by molar-refractivity contribution is 5.93. The summed E-state index contributed by atoms with van der Waals surface area (Å²) in [5.41, 5.74) is 3.72. The molecule has 0 bridgehead atoms. The van der Waals surface area contributed by atoms with Crippen molar-refractivity contribution in [3.8, 4) is 0 Å². The molecule has 35 heavy (non-hydrogen) atoms. The number of ether oxygens (including phenoxy) is 1. The Morgan fingerprint density at radius 1 is 1.00 bits per heavy atom. The van der Waals surface area contributed by atoms with Gasteiger partial charge in [-0.2, -0.15) is 0 Å². The first kappa shape index (κ1) is 23.3. The average molecular weight is 473 g/mol. The summed E-state index contributed by atoms with van der Waals surface area (Å²) in [4.78, 5) is 32.1. The van der Waals surface area contributed by atoms with Crippen LogP contribution in [0.15, 0.2) is 67.0 Å². The molecule has 5 rings (SSSR count). The number of aromatic nitrogens is 2. The molecular weight excluding hydrogens is 440 g/mol. The number of carbonyl (C=O) groups is 2. The lowest BCUT2D eigenvalue weighted by Gasteiger charge is -2.31. The molecule has 1 aromatic heterocycles. The van der Waals surface area contributed by atoms with Crippen LogP contribution < -0.4 is 5.32 Å². The number of nitrogens with zero attached hydrogens (tertiary/aromatic N) is 3. The standard InChI is InChI=1S/C28H32N4O3/c33-27(29-15-7-10-21-8-3-1-4-9-21)23-13-16-31(17-14-23)28(34)26-24-19-35-25(18-32(24)20-30-26)22-11-5-2-6-12-22/h1-6,8-9,11-12,20,23,25H,7,10,13-19H2,(H,29,33). The molecule has 1 saturated heterocycles. The highest BCUT2D eigenvalue weighted by Gasteiger charge is 2.32. The molecule has 182 valence electrons. The number of piperidine rings is 1. The van der Waals surface area contributed by atoms with Crippen molar-refractivity contribution in [1.29, 1.82) is 0 Å². The molecule has 0 radical (unpaired) electrons. The Hall–Kier alpha value is -3.45. The number of amides is 2. The Kier molecular flexibility index (Phi) is 7.23. The van der Waals surface area contributed by atoms with Gasteiger partial charge >= 0.3 is 0 Å². The van der Waals surface area contributed by atoms with Crippen molar-refractivity contribution < 1.29 is 14.3 Å². The maximum atomic E-state index is 13.2. The van der Waals surface area contributed by atoms with E-state index >= 15 is 0 Å². The highest BCUT2D eigenvalue weighted by Crippen LogP contribution is 2.28. The number of nitrogens with one attached hydrogen (secondary N) is 1. The van der Waals surface area contributed by atoms with Gasteiger partial charge in [-0.1, -0.05) is 60.7 Å². The van der Waals surface area contributed by atoms with Crippen LogP contribution in [-0.2, 0) is 29.1 Å². The molecule has 7 heteroatoms. The smallest absolute Gasteiger partial charge is 0.274 e. The fourth-order valence-corrected chi connectivity index (χ4v) is 4.96. The number of carbonyl (C=O) groups excluding carboxylic acids is 2. The van der Waals surface area contributed by atoms with Crippen LogP contribution in [0, 0.1) is 5.92 Å². The Bertz CT molecular complexity index is 1140. The lowest BCUT2D eigenvalue weighted by atomic mass is 9.95. The zero-order valence-electron chi connectivity index (χ0n) is 19.9. The second-order valence-corrected chi connectivity index (χ2v) is 9.35. The van der Waals surface area contributed by atoms with E-state index in [1.54, 1.807) is 6.33 Å². The van der Waals surface area contributed by atoms with Gasteiger partial charge in [0.25, 0.3) is 5.91 Å². The summed E-state index contributed by atoms with van der Waals surface area (Å²) in [6.07, 6.45) is 4.95. The van der Waals surface area contributed by atoms with E-state index in [0.29, 0.717) is 51.3 Å². The third-order valence-electron chi connectivity index (χ3n) is 7.04. The van der Waals surface area contributed by atoms with Crippen LogP contribution in [0.25, 0.3) is 0 Å². The van der Waals surface area contributed by atoms with E-state index in [2.05, 4.69) is 34.6 Å². The number of imidazole rings is 1. The van der Waals surface area contributed by atoms with Gasteiger partial charge in [0, 0.05) is 25.6 Å². The second kappa shape index (κ2) is 10.9. The van der Waals surface area contributed by atoms with Gasteiger partial charge in [0.2, 0.25) is 5.91 Å². The van der Waals surface area contributed by atoms with Gasteiger partial charge in [0.1, 0.15) is 6.10 Å². The van der Waals surface area contributed by atoms with Crippen LogP contribution >= 0.6 is 0 Å². The van der Waals surface area contributed by atoms with Crippen molar-refractivity contribution in [3.05, 3.63) is 89.5 Å². The summed E-state index contributed by atoms with van der Waals surface area (Å²) in [5.74, 6) is -0.00577. The molecule has 2 amide bonds. The number of benzene rings is 2. The van der Waals surface area contributed by atoms with Gasteiger partial charge in [0.15, 0.2) is 5.69 Å². The number of hydrogen-bond donors (Lipinski definition) is 1. The number of rotatable bonds is 7. The van der Waals surface area contributed by atoms with E-state index in [1.807, 2.05) is 45.9 Å². The molecule has 0 aliphatic carbocycles. The van der Waals surface area contributed by atoms with Crippen molar-refractivity contribution in [1.82, 2.24) is 19.8 Å². The molecular formula is C28H32N4O3. The lowest BCUT2D eigenvalue weighted by Crippen LogP contribution is -2.43. The molecule has 1 unspecified atom stereocenters. The van der Waals surface area contributed by atoms with E-state index < -0.39 is 0 Å². The molecule has 1 N–H and O–H groups in total. The largest absolute Gasteiger partial charge is 0.365 e. The van der Waals surface area contributed by atoms with Gasteiger partial charge in [-0.25, -0.2) is 4.98 Å². The summed E-state index contributed by atoms with van der Waals surface area (Å²) in [6, 6.07) is 20.4. The van der Waals surface area contributed by atoms with Crippen molar-refractivity contribution in [2.45, 2.75) is 44.9 Å². The predicted octanol–water partition coefficient (Wildman–Crippen LogP) is 3.76. The number of fused-ring (bicyclic) bond motifs is 1. The monoisotopic (exact) mass is 472 g/mol. The molecule has 0 saturated carbocycles. The molecule has 2 aromatic carbocycles. The van der Waals surface area contributed by atoms with Gasteiger partial charge in [-0.3, -0.25) is 9.59 Å². The van der Waals surface area contributed by atoms with Gasteiger partial charge in [0.05, 0.1) is 25.2 Å². The minimum Gasteiger partial charge on any atom is -0.365 e. The van der Waals surface area contributed by atoms with E-state index in [1.165, 1.54) is 5.56 Å². The predicted molar refractivity (Wildman–Crippen MR) is 133 cm³/mol. The Morgan fingerprint density at radius 3 is 2.46 bits per heavy atom. The maximum Gasteiger partial charge on any atom is 0.274 e. The van der Waals surface area contributed by atoms with E-state index in [9.17, 15) is 9.59 Å². The maximum absolute atomic E-state index is 13.2. The zero-order valence-corrected chi connectivity index (χ0v) is 19.9. The van der Waals surface area contributed by atoms with E-state index in [0.717, 1.165) is 24.1 Å². The molecule has 1 atom stereocenters. The van der Waals surface area contributed by atoms with Crippen molar-refractivity contribution in [2.24, 2.45) is 5.92 Å². The third-order valence-corrected chi connectivity index (χ3v) is 7.04. The first-order chi connectivity index (χ1) is 17.2. The van der Waals surface area contributed by atoms with Crippen molar-refractivity contribution >= 4 is 11.8 Å². The van der Waals surface area contributed by atoms with Crippen LogP contribution in [0.3, 0.4) is 0 Å². The highest BCUT2D eigenvalue weighted by atomic mass is 16.5. The summed E-state index contributed by atoms with van der Waals surface area (Å²) >= 11 is 0. The fourth-order valence-electron chi connectivity index (χ4n) is 4.96. The summed E-state index contributed by atoms with van der Waals surface area (Å²) in [6.45, 7) is 2.83. The average Bonchev–Trinajstić information content (AvgIpc) is 3.35. The molecule has 1 fully saturated rings. The number of aryl methyl sites for hydroxylation is 1. The molecule has 3 heterocycles. The van der Waals surface area contributed by atoms with Crippen LogP contribution in [0.1, 0.15) is 52.7 Å². The van der Waals surface area contributed by atoms with E-state index in [4.69, 9.17) is 4.74 Å². The minimum absolute atomic E-state index is 0.0391. The molecule has 0 spiro atoms. The molecule has 3 aromatic rings. The SMILES string of the molecule is O=C(NCCCc1ccccc1)C1CCN(C(=O)c2ncn3c2COC(c2ccccc2)C3)CC1. The quantitative estimate of drug-likeness (QED) is 0.532. The fraction of sp³-hybridized carbons (Fsp3) is 0.393. The topological polar surface area (TPSA) is 76.5 Å². The van der Waals surface area contributed by atoms with E-state index in [-0.39, 0.29) is 23.8 Å². The zero-order chi connectivity index (χ0) is 24.0. The van der Waals surface area contributed by atoms with Gasteiger partial charge in [-0.05, 0) is 36.8 Å². The summed E-state index contributed by atoms with van der Waals surface area (Å²) < 4.78 is 8.10. The summed E-state index contributed by atoms with van der Waals surface area (Å²) in [5, 5.41) is 3.08. The van der Waals surface area contributed by atoms with Crippen LogP contribution in [0.5, 0.6) is 0 Å².